The summed E-state index contributed by atoms with van der Waals surface area (Å²) in [5.41, 5.74) is 3.37. The van der Waals surface area contributed by atoms with Crippen molar-refractivity contribution < 1.29 is 18.0 Å². The maximum absolute atomic E-state index is 13.3. The number of amides is 2. The molecule has 0 aliphatic rings. The maximum atomic E-state index is 13.3. The third-order valence-corrected chi connectivity index (χ3v) is 7.36. The van der Waals surface area contributed by atoms with Crippen molar-refractivity contribution in [3.8, 4) is 0 Å². The highest BCUT2D eigenvalue weighted by Gasteiger charge is 2.26. The summed E-state index contributed by atoms with van der Waals surface area (Å²) in [6, 6.07) is 12.1. The lowest BCUT2D eigenvalue weighted by Crippen LogP contribution is -2.47. The minimum atomic E-state index is -3.53. The molecule has 0 bridgehead atoms. The van der Waals surface area contributed by atoms with Crippen molar-refractivity contribution in [3.63, 3.8) is 0 Å². The first-order valence-electron chi connectivity index (χ1n) is 12.3. The summed E-state index contributed by atoms with van der Waals surface area (Å²) in [6.45, 7) is 8.58. The number of hydrogen-bond donors (Lipinski definition) is 1. The summed E-state index contributed by atoms with van der Waals surface area (Å²) in [5, 5.41) is 3.49. The highest BCUT2D eigenvalue weighted by Crippen LogP contribution is 2.22. The van der Waals surface area contributed by atoms with Crippen molar-refractivity contribution in [2.75, 3.05) is 23.7 Å². The predicted octanol–water partition coefficient (Wildman–Crippen LogP) is 4.84. The molecule has 0 aliphatic heterocycles. The number of anilines is 1. The van der Waals surface area contributed by atoms with E-state index in [9.17, 15) is 18.0 Å². The van der Waals surface area contributed by atoms with Crippen LogP contribution in [-0.4, -0.2) is 50.5 Å². The number of halogens is 1. The van der Waals surface area contributed by atoms with E-state index in [1.54, 1.807) is 24.0 Å². The predicted molar refractivity (Wildman–Crippen MR) is 147 cm³/mol. The number of benzene rings is 2. The molecule has 0 unspecified atom stereocenters. The Hall–Kier alpha value is -2.58. The minimum Gasteiger partial charge on any atom is -0.354 e. The molecule has 2 aromatic rings. The molecule has 0 heterocycles. The SMILES string of the molecule is CCCCNC(=O)[C@@H](C)N(Cc1ccc(Cl)cc1)C(=O)CCCN(c1cc(C)cc(C)c1)S(C)(=O)=O. The van der Waals surface area contributed by atoms with Crippen molar-refractivity contribution in [2.45, 2.75) is 66.0 Å². The fraction of sp³-hybridized carbons (Fsp3) is 0.481. The Morgan fingerprint density at radius 1 is 1.03 bits per heavy atom. The summed E-state index contributed by atoms with van der Waals surface area (Å²) in [6.07, 6.45) is 3.42. The van der Waals surface area contributed by atoms with Crippen LogP contribution in [0.2, 0.25) is 5.02 Å². The number of carbonyl (C=O) groups is 2. The first-order valence-corrected chi connectivity index (χ1v) is 14.5. The molecule has 7 nitrogen and oxygen atoms in total. The average molecular weight is 536 g/mol. The van der Waals surface area contributed by atoms with Crippen LogP contribution in [0.1, 0.15) is 56.2 Å². The molecule has 2 aromatic carbocycles. The lowest BCUT2D eigenvalue weighted by molar-refractivity contribution is -0.140. The van der Waals surface area contributed by atoms with Gasteiger partial charge in [0.15, 0.2) is 0 Å². The van der Waals surface area contributed by atoms with Gasteiger partial charge in [-0.15, -0.1) is 0 Å². The molecule has 0 aromatic heterocycles. The number of aryl methyl sites for hydroxylation is 2. The summed E-state index contributed by atoms with van der Waals surface area (Å²) in [4.78, 5) is 27.6. The summed E-state index contributed by atoms with van der Waals surface area (Å²) in [5.74, 6) is -0.421. The van der Waals surface area contributed by atoms with E-state index in [0.717, 1.165) is 29.5 Å². The number of unbranched alkanes of at least 4 members (excludes halogenated alkanes) is 1. The van der Waals surface area contributed by atoms with E-state index in [2.05, 4.69) is 5.32 Å². The van der Waals surface area contributed by atoms with Crippen LogP contribution in [0.15, 0.2) is 42.5 Å². The van der Waals surface area contributed by atoms with Gasteiger partial charge < -0.3 is 10.2 Å². The first-order chi connectivity index (χ1) is 16.9. The minimum absolute atomic E-state index is 0.108. The Balaban J connectivity index is 2.16. The van der Waals surface area contributed by atoms with Crippen LogP contribution in [-0.2, 0) is 26.2 Å². The van der Waals surface area contributed by atoms with Gasteiger partial charge in [0.05, 0.1) is 11.9 Å². The van der Waals surface area contributed by atoms with Gasteiger partial charge >= 0.3 is 0 Å². The van der Waals surface area contributed by atoms with E-state index in [0.29, 0.717) is 23.7 Å². The van der Waals surface area contributed by atoms with Crippen molar-refractivity contribution in [1.82, 2.24) is 10.2 Å². The Labute approximate surface area is 220 Å². The zero-order valence-corrected chi connectivity index (χ0v) is 23.5. The fourth-order valence-electron chi connectivity index (χ4n) is 4.00. The highest BCUT2D eigenvalue weighted by molar-refractivity contribution is 7.92. The second-order valence-corrected chi connectivity index (χ2v) is 11.6. The maximum Gasteiger partial charge on any atom is 0.242 e. The fourth-order valence-corrected chi connectivity index (χ4v) is 5.08. The lowest BCUT2D eigenvalue weighted by atomic mass is 10.1. The van der Waals surface area contributed by atoms with E-state index >= 15 is 0 Å². The summed E-state index contributed by atoms with van der Waals surface area (Å²) >= 11 is 6.00. The molecular weight excluding hydrogens is 498 g/mol. The number of nitrogens with zero attached hydrogens (tertiary/aromatic N) is 2. The lowest BCUT2D eigenvalue weighted by Gasteiger charge is -2.29. The van der Waals surface area contributed by atoms with Gasteiger partial charge in [-0.1, -0.05) is 43.1 Å². The topological polar surface area (TPSA) is 86.8 Å². The van der Waals surface area contributed by atoms with Gasteiger partial charge in [-0.3, -0.25) is 13.9 Å². The Morgan fingerprint density at radius 2 is 1.64 bits per heavy atom. The molecule has 198 valence electrons. The molecule has 2 rings (SSSR count). The zero-order valence-electron chi connectivity index (χ0n) is 21.9. The highest BCUT2D eigenvalue weighted by atomic mass is 35.5. The summed E-state index contributed by atoms with van der Waals surface area (Å²) < 4.78 is 26.4. The number of nitrogens with one attached hydrogen (secondary N) is 1. The molecular formula is C27H38ClN3O4S. The first kappa shape index (κ1) is 29.6. The quantitative estimate of drug-likeness (QED) is 0.372. The molecule has 0 saturated carbocycles. The van der Waals surface area contributed by atoms with Crippen LogP contribution >= 0.6 is 11.6 Å². The average Bonchev–Trinajstić information content (AvgIpc) is 2.79. The standard InChI is InChI=1S/C27H38ClN3O4S/c1-6-7-14-29-27(33)22(4)30(19-23-10-12-24(28)13-11-23)26(32)9-8-15-31(36(5,34)35)25-17-20(2)16-21(3)18-25/h10-13,16-18,22H,6-9,14-15,19H2,1-5H3,(H,29,33)/t22-/m1/s1. The smallest absolute Gasteiger partial charge is 0.242 e. The number of rotatable bonds is 13. The van der Waals surface area contributed by atoms with Crippen molar-refractivity contribution in [2.24, 2.45) is 0 Å². The van der Waals surface area contributed by atoms with Crippen LogP contribution < -0.4 is 9.62 Å². The monoisotopic (exact) mass is 535 g/mol. The number of carbonyl (C=O) groups excluding carboxylic acids is 2. The molecule has 0 fully saturated rings. The Kier molecular flexibility index (Phi) is 11.2. The van der Waals surface area contributed by atoms with Gasteiger partial charge in [0.25, 0.3) is 0 Å². The third-order valence-electron chi connectivity index (χ3n) is 5.91. The molecule has 1 atom stereocenters. The van der Waals surface area contributed by atoms with Crippen LogP contribution in [0.3, 0.4) is 0 Å². The van der Waals surface area contributed by atoms with Gasteiger partial charge in [-0.2, -0.15) is 0 Å². The molecule has 0 radical (unpaired) electrons. The van der Waals surface area contributed by atoms with Gasteiger partial charge in [0.2, 0.25) is 21.8 Å². The van der Waals surface area contributed by atoms with E-state index in [1.807, 2.05) is 51.1 Å². The number of sulfonamides is 1. The molecule has 9 heteroatoms. The van der Waals surface area contributed by atoms with Gasteiger partial charge in [-0.25, -0.2) is 8.42 Å². The van der Waals surface area contributed by atoms with Gasteiger partial charge in [0, 0.05) is 31.1 Å². The number of hydrogen-bond acceptors (Lipinski definition) is 4. The molecule has 2 amide bonds. The molecule has 0 spiro atoms. The van der Waals surface area contributed by atoms with Crippen LogP contribution in [0.25, 0.3) is 0 Å². The van der Waals surface area contributed by atoms with Gasteiger partial charge in [0.1, 0.15) is 6.04 Å². The normalized spacial score (nSPS) is 12.2. The summed E-state index contributed by atoms with van der Waals surface area (Å²) in [7, 11) is -3.53. The zero-order chi connectivity index (χ0) is 26.9. The molecule has 36 heavy (non-hydrogen) atoms. The third kappa shape index (κ3) is 9.13. The van der Waals surface area contributed by atoms with E-state index in [4.69, 9.17) is 11.6 Å². The molecule has 0 saturated heterocycles. The van der Waals surface area contributed by atoms with Crippen LogP contribution in [0, 0.1) is 13.8 Å². The van der Waals surface area contributed by atoms with Gasteiger partial charge in [-0.05, 0) is 74.6 Å². The van der Waals surface area contributed by atoms with E-state index < -0.39 is 16.1 Å². The van der Waals surface area contributed by atoms with Crippen molar-refractivity contribution in [1.29, 1.82) is 0 Å². The largest absolute Gasteiger partial charge is 0.354 e. The van der Waals surface area contributed by atoms with Crippen molar-refractivity contribution >= 4 is 39.1 Å². The Morgan fingerprint density at radius 3 is 2.19 bits per heavy atom. The molecule has 0 aliphatic carbocycles. The van der Waals surface area contributed by atoms with E-state index in [1.165, 1.54) is 10.6 Å². The second-order valence-electron chi connectivity index (χ2n) is 9.25. The second kappa shape index (κ2) is 13.7. The van der Waals surface area contributed by atoms with E-state index in [-0.39, 0.29) is 31.3 Å². The van der Waals surface area contributed by atoms with Crippen molar-refractivity contribution in [3.05, 3.63) is 64.2 Å². The molecule has 1 N–H and O–H groups in total. The van der Waals surface area contributed by atoms with Crippen LogP contribution in [0.4, 0.5) is 5.69 Å². The van der Waals surface area contributed by atoms with Crippen LogP contribution in [0.5, 0.6) is 0 Å². The Bertz CT molecular complexity index is 1120.